The van der Waals surface area contributed by atoms with E-state index in [0.29, 0.717) is 17.8 Å². The van der Waals surface area contributed by atoms with E-state index >= 15 is 0 Å². The molecule has 21 heavy (non-hydrogen) atoms. The predicted octanol–water partition coefficient (Wildman–Crippen LogP) is 2.48. The molecule has 0 spiro atoms. The Morgan fingerprint density at radius 2 is 1.57 bits per heavy atom. The van der Waals surface area contributed by atoms with Crippen molar-refractivity contribution < 1.29 is 4.79 Å². The normalized spacial score (nSPS) is 10.6. The number of rotatable bonds is 5. The van der Waals surface area contributed by atoms with Crippen LogP contribution in [0.25, 0.3) is 0 Å². The summed E-state index contributed by atoms with van der Waals surface area (Å²) in [5.41, 5.74) is 7.89. The van der Waals surface area contributed by atoms with Gasteiger partial charge in [0, 0.05) is 30.0 Å². The zero-order chi connectivity index (χ0) is 15.2. The van der Waals surface area contributed by atoms with Crippen molar-refractivity contribution in [3.63, 3.8) is 0 Å². The van der Waals surface area contributed by atoms with Crippen molar-refractivity contribution in [2.45, 2.75) is 0 Å². The lowest BCUT2D eigenvalue weighted by atomic mass is 10.1. The van der Waals surface area contributed by atoms with Gasteiger partial charge in [-0.15, -0.1) is 0 Å². The van der Waals surface area contributed by atoms with E-state index in [1.165, 1.54) is 0 Å². The van der Waals surface area contributed by atoms with Crippen molar-refractivity contribution >= 4 is 17.3 Å². The number of benzene rings is 2. The molecule has 0 unspecified atom stereocenters. The molecule has 0 saturated carbocycles. The molecule has 4 heteroatoms. The molecule has 4 nitrogen and oxygen atoms in total. The van der Waals surface area contributed by atoms with Crippen LogP contribution in [0, 0.1) is 0 Å². The minimum absolute atomic E-state index is 0.0111. The third-order valence-corrected chi connectivity index (χ3v) is 3.24. The lowest BCUT2D eigenvalue weighted by molar-refractivity contribution is 0.0985. The van der Waals surface area contributed by atoms with Gasteiger partial charge in [-0.1, -0.05) is 18.2 Å². The topological polar surface area (TPSA) is 49.6 Å². The van der Waals surface area contributed by atoms with Crippen molar-refractivity contribution in [1.82, 2.24) is 4.90 Å². The molecule has 2 aromatic carbocycles. The van der Waals surface area contributed by atoms with Gasteiger partial charge >= 0.3 is 0 Å². The Bertz CT molecular complexity index is 579. The summed E-state index contributed by atoms with van der Waals surface area (Å²) in [7, 11) is 3.99. The first-order valence-corrected chi connectivity index (χ1v) is 6.95. The summed E-state index contributed by atoms with van der Waals surface area (Å²) < 4.78 is 0. The summed E-state index contributed by atoms with van der Waals surface area (Å²) in [6.07, 6.45) is 0. The number of hydrogen-bond donors (Lipinski definition) is 1. The Kier molecular flexibility index (Phi) is 4.95. The highest BCUT2D eigenvalue weighted by atomic mass is 16.2. The van der Waals surface area contributed by atoms with E-state index in [0.717, 1.165) is 12.2 Å². The molecule has 0 fully saturated rings. The minimum atomic E-state index is -0.0111. The molecule has 0 aliphatic rings. The molecule has 0 atom stereocenters. The summed E-state index contributed by atoms with van der Waals surface area (Å²) in [5, 5.41) is 0. The fourth-order valence-corrected chi connectivity index (χ4v) is 2.04. The van der Waals surface area contributed by atoms with Crippen LogP contribution in [0.4, 0.5) is 11.4 Å². The van der Waals surface area contributed by atoms with Crippen LogP contribution in [0.15, 0.2) is 54.6 Å². The number of nitrogens with zero attached hydrogens (tertiary/aromatic N) is 2. The first-order valence-electron chi connectivity index (χ1n) is 6.95. The van der Waals surface area contributed by atoms with Crippen LogP contribution in [0.1, 0.15) is 10.4 Å². The van der Waals surface area contributed by atoms with Crippen molar-refractivity contribution in [2.75, 3.05) is 37.8 Å². The van der Waals surface area contributed by atoms with E-state index in [1.807, 2.05) is 44.4 Å². The molecule has 1 amide bonds. The Balaban J connectivity index is 2.26. The van der Waals surface area contributed by atoms with Gasteiger partial charge < -0.3 is 15.5 Å². The number of anilines is 2. The molecule has 0 aliphatic carbocycles. The van der Waals surface area contributed by atoms with Crippen molar-refractivity contribution in [3.05, 3.63) is 60.2 Å². The first-order chi connectivity index (χ1) is 10.1. The van der Waals surface area contributed by atoms with E-state index in [4.69, 9.17) is 5.73 Å². The molecule has 0 radical (unpaired) electrons. The first kappa shape index (κ1) is 15.1. The predicted molar refractivity (Wildman–Crippen MR) is 87.5 cm³/mol. The summed E-state index contributed by atoms with van der Waals surface area (Å²) in [6, 6.07) is 16.8. The average Bonchev–Trinajstić information content (AvgIpc) is 2.49. The van der Waals surface area contributed by atoms with Crippen LogP contribution in [0.3, 0.4) is 0 Å². The van der Waals surface area contributed by atoms with Gasteiger partial charge in [-0.2, -0.15) is 0 Å². The Hall–Kier alpha value is -2.33. The minimum Gasteiger partial charge on any atom is -0.399 e. The maximum Gasteiger partial charge on any atom is 0.258 e. The van der Waals surface area contributed by atoms with Crippen LogP contribution in [-0.2, 0) is 0 Å². The number of nitrogen functional groups attached to an aromatic ring is 1. The van der Waals surface area contributed by atoms with Crippen LogP contribution in [0.2, 0.25) is 0 Å². The fraction of sp³-hybridized carbons (Fsp3) is 0.235. The lowest BCUT2D eigenvalue weighted by Crippen LogP contribution is -2.36. The number of nitrogens with two attached hydrogens (primary N) is 1. The number of carbonyl (C=O) groups is 1. The van der Waals surface area contributed by atoms with Crippen LogP contribution < -0.4 is 10.6 Å². The van der Waals surface area contributed by atoms with Gasteiger partial charge in [-0.25, -0.2) is 0 Å². The van der Waals surface area contributed by atoms with E-state index in [-0.39, 0.29) is 5.91 Å². The Labute approximate surface area is 125 Å². The van der Waals surface area contributed by atoms with Gasteiger partial charge in [0.25, 0.3) is 5.91 Å². The fourth-order valence-electron chi connectivity index (χ4n) is 2.04. The lowest BCUT2D eigenvalue weighted by Gasteiger charge is -2.24. The highest BCUT2D eigenvalue weighted by Crippen LogP contribution is 2.17. The van der Waals surface area contributed by atoms with Gasteiger partial charge in [0.15, 0.2) is 0 Å². The van der Waals surface area contributed by atoms with Crippen LogP contribution >= 0.6 is 0 Å². The highest BCUT2D eigenvalue weighted by Gasteiger charge is 2.17. The van der Waals surface area contributed by atoms with Crippen LogP contribution in [0.5, 0.6) is 0 Å². The smallest absolute Gasteiger partial charge is 0.258 e. The molecule has 0 heterocycles. The van der Waals surface area contributed by atoms with E-state index < -0.39 is 0 Å². The van der Waals surface area contributed by atoms with E-state index in [2.05, 4.69) is 4.90 Å². The van der Waals surface area contributed by atoms with E-state index in [9.17, 15) is 4.79 Å². The van der Waals surface area contributed by atoms with E-state index in [1.54, 1.807) is 29.2 Å². The Morgan fingerprint density at radius 3 is 2.14 bits per heavy atom. The van der Waals surface area contributed by atoms with Crippen molar-refractivity contribution in [1.29, 1.82) is 0 Å². The van der Waals surface area contributed by atoms with Crippen molar-refractivity contribution in [3.8, 4) is 0 Å². The maximum atomic E-state index is 12.7. The molecule has 0 bridgehead atoms. The van der Waals surface area contributed by atoms with Gasteiger partial charge in [0.1, 0.15) is 0 Å². The van der Waals surface area contributed by atoms with Gasteiger partial charge in [0.05, 0.1) is 0 Å². The second-order valence-corrected chi connectivity index (χ2v) is 5.22. The summed E-state index contributed by atoms with van der Waals surface area (Å²) in [5.74, 6) is -0.0111. The zero-order valence-electron chi connectivity index (χ0n) is 12.5. The quantitative estimate of drug-likeness (QED) is 0.858. The number of hydrogen-bond acceptors (Lipinski definition) is 3. The van der Waals surface area contributed by atoms with Gasteiger partial charge in [-0.05, 0) is 50.5 Å². The van der Waals surface area contributed by atoms with Crippen LogP contribution in [-0.4, -0.2) is 38.0 Å². The van der Waals surface area contributed by atoms with Gasteiger partial charge in [-0.3, -0.25) is 4.79 Å². The summed E-state index contributed by atoms with van der Waals surface area (Å²) in [6.45, 7) is 1.44. The highest BCUT2D eigenvalue weighted by molar-refractivity contribution is 6.06. The summed E-state index contributed by atoms with van der Waals surface area (Å²) in [4.78, 5) is 16.6. The molecule has 110 valence electrons. The zero-order valence-corrected chi connectivity index (χ0v) is 12.5. The molecular formula is C17H21N3O. The molecule has 2 rings (SSSR count). The van der Waals surface area contributed by atoms with Gasteiger partial charge in [0.2, 0.25) is 0 Å². The third-order valence-electron chi connectivity index (χ3n) is 3.24. The molecule has 2 N–H and O–H groups in total. The molecule has 0 aromatic heterocycles. The number of amides is 1. The second-order valence-electron chi connectivity index (χ2n) is 5.22. The maximum absolute atomic E-state index is 12.7. The molecular weight excluding hydrogens is 262 g/mol. The Morgan fingerprint density at radius 1 is 0.952 bits per heavy atom. The molecule has 2 aromatic rings. The summed E-state index contributed by atoms with van der Waals surface area (Å²) >= 11 is 0. The van der Waals surface area contributed by atoms with Crippen molar-refractivity contribution in [2.24, 2.45) is 0 Å². The SMILES string of the molecule is CN(C)CCN(C(=O)c1ccc(N)cc1)c1ccccc1. The number of carbonyl (C=O) groups excluding carboxylic acids is 1. The second kappa shape index (κ2) is 6.90. The monoisotopic (exact) mass is 283 g/mol. The number of para-hydroxylation sites is 1. The standard InChI is InChI=1S/C17H21N3O/c1-19(2)12-13-20(16-6-4-3-5-7-16)17(21)14-8-10-15(18)11-9-14/h3-11H,12-13,18H2,1-2H3. The molecule has 0 aliphatic heterocycles. The largest absolute Gasteiger partial charge is 0.399 e. The third kappa shape index (κ3) is 4.07. The molecule has 0 saturated heterocycles. The average molecular weight is 283 g/mol. The number of likely N-dealkylation sites (N-methyl/N-ethyl adjacent to an activating group) is 1.